The molecule has 0 unspecified atom stereocenters. The van der Waals surface area contributed by atoms with Gasteiger partial charge in [0.15, 0.2) is 0 Å². The van der Waals surface area contributed by atoms with Crippen LogP contribution in [0.4, 0.5) is 0 Å². The zero-order valence-electron chi connectivity index (χ0n) is 10.3. The van der Waals surface area contributed by atoms with E-state index >= 15 is 0 Å². The number of hydrogen-bond donors (Lipinski definition) is 0. The fraction of sp³-hybridized carbons (Fsp3) is 0.286. The summed E-state index contributed by atoms with van der Waals surface area (Å²) in [5.41, 5.74) is 1.83. The number of aromatic nitrogens is 2. The number of aryl methyl sites for hydroxylation is 1. The van der Waals surface area contributed by atoms with E-state index in [9.17, 15) is 4.79 Å². The lowest BCUT2D eigenvalue weighted by molar-refractivity contribution is 0.810. The van der Waals surface area contributed by atoms with E-state index in [2.05, 4.69) is 4.98 Å². The van der Waals surface area contributed by atoms with Crippen molar-refractivity contribution in [2.75, 3.05) is 0 Å². The van der Waals surface area contributed by atoms with Crippen molar-refractivity contribution in [3.63, 3.8) is 0 Å². The summed E-state index contributed by atoms with van der Waals surface area (Å²) in [6, 6.07) is 7.60. The largest absolute Gasteiger partial charge is 0.269 e. The van der Waals surface area contributed by atoms with Crippen molar-refractivity contribution in [1.82, 2.24) is 9.55 Å². The maximum atomic E-state index is 12.3. The van der Waals surface area contributed by atoms with Crippen molar-refractivity contribution < 1.29 is 0 Å². The van der Waals surface area contributed by atoms with Crippen molar-refractivity contribution in [3.05, 3.63) is 58.1 Å². The van der Waals surface area contributed by atoms with Crippen LogP contribution in [0.2, 0.25) is 0 Å². The van der Waals surface area contributed by atoms with E-state index in [4.69, 9.17) is 0 Å². The van der Waals surface area contributed by atoms with E-state index in [0.29, 0.717) is 5.82 Å². The molecular weight excluding hydrogens is 212 g/mol. The Bertz CT molecular complexity index is 585. The molecule has 2 rings (SSSR count). The maximum Gasteiger partial charge on any atom is 0.259 e. The number of nitrogens with zero attached hydrogens (tertiary/aromatic N) is 2. The van der Waals surface area contributed by atoms with Gasteiger partial charge in [-0.2, -0.15) is 0 Å². The van der Waals surface area contributed by atoms with Gasteiger partial charge in [0.1, 0.15) is 5.82 Å². The summed E-state index contributed by atoms with van der Waals surface area (Å²) in [6.45, 7) is 6.00. The fourth-order valence-electron chi connectivity index (χ4n) is 1.85. The lowest BCUT2D eigenvalue weighted by Gasteiger charge is -2.10. The molecule has 0 fully saturated rings. The van der Waals surface area contributed by atoms with Crippen LogP contribution in [-0.4, -0.2) is 9.55 Å². The van der Waals surface area contributed by atoms with Gasteiger partial charge in [0.25, 0.3) is 5.56 Å². The fourth-order valence-corrected chi connectivity index (χ4v) is 1.85. The summed E-state index contributed by atoms with van der Waals surface area (Å²) < 4.78 is 1.62. The topological polar surface area (TPSA) is 34.9 Å². The SMILES string of the molecule is Cc1cccnc1-n1cccc(C(C)C)c1=O. The molecule has 0 radical (unpaired) electrons. The first-order valence-electron chi connectivity index (χ1n) is 5.75. The summed E-state index contributed by atoms with van der Waals surface area (Å²) in [5, 5.41) is 0. The van der Waals surface area contributed by atoms with Gasteiger partial charge in [-0.15, -0.1) is 0 Å². The van der Waals surface area contributed by atoms with Gasteiger partial charge in [0.2, 0.25) is 0 Å². The zero-order chi connectivity index (χ0) is 12.4. The van der Waals surface area contributed by atoms with Crippen LogP contribution in [0.25, 0.3) is 5.82 Å². The Balaban J connectivity index is 2.66. The Morgan fingerprint density at radius 3 is 2.65 bits per heavy atom. The average molecular weight is 228 g/mol. The number of pyridine rings is 2. The first kappa shape index (κ1) is 11.6. The van der Waals surface area contributed by atoms with Gasteiger partial charge in [0.05, 0.1) is 0 Å². The summed E-state index contributed by atoms with van der Waals surface area (Å²) in [7, 11) is 0. The normalized spacial score (nSPS) is 10.8. The molecule has 2 aromatic rings. The van der Waals surface area contributed by atoms with Crippen molar-refractivity contribution in [1.29, 1.82) is 0 Å². The summed E-state index contributed by atoms with van der Waals surface area (Å²) in [5.74, 6) is 0.930. The Morgan fingerprint density at radius 1 is 1.24 bits per heavy atom. The molecule has 0 saturated heterocycles. The summed E-state index contributed by atoms with van der Waals surface area (Å²) >= 11 is 0. The molecule has 0 atom stereocenters. The quantitative estimate of drug-likeness (QED) is 0.792. The van der Waals surface area contributed by atoms with Crippen LogP contribution in [0.5, 0.6) is 0 Å². The third-order valence-electron chi connectivity index (χ3n) is 2.81. The van der Waals surface area contributed by atoms with Crippen LogP contribution in [0.15, 0.2) is 41.5 Å². The molecule has 0 bridgehead atoms. The maximum absolute atomic E-state index is 12.3. The van der Waals surface area contributed by atoms with E-state index in [1.54, 1.807) is 17.0 Å². The molecule has 3 nitrogen and oxygen atoms in total. The highest BCUT2D eigenvalue weighted by Gasteiger charge is 2.09. The Morgan fingerprint density at radius 2 is 2.00 bits per heavy atom. The van der Waals surface area contributed by atoms with Gasteiger partial charge in [0, 0.05) is 18.0 Å². The zero-order valence-corrected chi connectivity index (χ0v) is 10.3. The van der Waals surface area contributed by atoms with Gasteiger partial charge < -0.3 is 0 Å². The Hall–Kier alpha value is -1.90. The first-order chi connectivity index (χ1) is 8.11. The molecule has 0 amide bonds. The molecule has 3 heteroatoms. The first-order valence-corrected chi connectivity index (χ1v) is 5.75. The predicted molar refractivity (Wildman–Crippen MR) is 68.7 cm³/mol. The van der Waals surface area contributed by atoms with E-state index in [1.165, 1.54) is 0 Å². The van der Waals surface area contributed by atoms with Gasteiger partial charge in [-0.1, -0.05) is 26.0 Å². The molecule has 2 aromatic heterocycles. The Kier molecular flexibility index (Phi) is 3.09. The third kappa shape index (κ3) is 2.13. The molecule has 0 aromatic carbocycles. The van der Waals surface area contributed by atoms with Crippen molar-refractivity contribution in [3.8, 4) is 5.82 Å². The van der Waals surface area contributed by atoms with Gasteiger partial charge in [-0.3, -0.25) is 9.36 Å². The standard InChI is InChI=1S/C14H16N2O/c1-10(2)12-7-5-9-16(14(12)17)13-11(3)6-4-8-15-13/h4-10H,1-3H3. The van der Waals surface area contributed by atoms with E-state index in [1.807, 2.05) is 45.0 Å². The highest BCUT2D eigenvalue weighted by atomic mass is 16.1. The van der Waals surface area contributed by atoms with Crippen LogP contribution in [0.3, 0.4) is 0 Å². The third-order valence-corrected chi connectivity index (χ3v) is 2.81. The second-order valence-electron chi connectivity index (χ2n) is 4.44. The van der Waals surface area contributed by atoms with E-state index in [-0.39, 0.29) is 11.5 Å². The molecule has 2 heterocycles. The van der Waals surface area contributed by atoms with Crippen LogP contribution in [0, 0.1) is 6.92 Å². The van der Waals surface area contributed by atoms with Crippen LogP contribution >= 0.6 is 0 Å². The van der Waals surface area contributed by atoms with Crippen molar-refractivity contribution in [2.45, 2.75) is 26.7 Å². The average Bonchev–Trinajstić information content (AvgIpc) is 2.30. The minimum atomic E-state index is 0.0179. The summed E-state index contributed by atoms with van der Waals surface area (Å²) in [6.07, 6.45) is 3.47. The van der Waals surface area contributed by atoms with E-state index < -0.39 is 0 Å². The number of hydrogen-bond acceptors (Lipinski definition) is 2. The Labute approximate surface area is 101 Å². The van der Waals surface area contributed by atoms with Gasteiger partial charge in [-0.25, -0.2) is 4.98 Å². The van der Waals surface area contributed by atoms with Gasteiger partial charge in [-0.05, 0) is 30.5 Å². The molecular formula is C14H16N2O. The highest BCUT2D eigenvalue weighted by Crippen LogP contribution is 2.12. The minimum Gasteiger partial charge on any atom is -0.269 e. The van der Waals surface area contributed by atoms with Crippen LogP contribution in [0.1, 0.15) is 30.9 Å². The van der Waals surface area contributed by atoms with Crippen molar-refractivity contribution >= 4 is 0 Å². The van der Waals surface area contributed by atoms with Gasteiger partial charge >= 0.3 is 0 Å². The molecule has 0 aliphatic carbocycles. The molecule has 0 aliphatic heterocycles. The number of rotatable bonds is 2. The molecule has 17 heavy (non-hydrogen) atoms. The van der Waals surface area contributed by atoms with E-state index in [0.717, 1.165) is 11.1 Å². The molecule has 88 valence electrons. The monoisotopic (exact) mass is 228 g/mol. The molecule has 0 aliphatic rings. The highest BCUT2D eigenvalue weighted by molar-refractivity contribution is 5.33. The summed E-state index contributed by atoms with van der Waals surface area (Å²) in [4.78, 5) is 16.6. The lowest BCUT2D eigenvalue weighted by atomic mass is 10.1. The smallest absolute Gasteiger partial charge is 0.259 e. The minimum absolute atomic E-state index is 0.0179. The second-order valence-corrected chi connectivity index (χ2v) is 4.44. The van der Waals surface area contributed by atoms with Crippen LogP contribution in [-0.2, 0) is 0 Å². The molecule has 0 saturated carbocycles. The lowest BCUT2D eigenvalue weighted by Crippen LogP contribution is -2.23. The second kappa shape index (κ2) is 4.53. The predicted octanol–water partition coefficient (Wildman–Crippen LogP) is 2.66. The molecule has 0 N–H and O–H groups in total. The molecule has 0 spiro atoms. The van der Waals surface area contributed by atoms with Crippen molar-refractivity contribution in [2.24, 2.45) is 0 Å². The van der Waals surface area contributed by atoms with Crippen LogP contribution < -0.4 is 5.56 Å².